The Hall–Kier alpha value is -0.610. The molecule has 3 fully saturated rings. The molecule has 4 nitrogen and oxygen atoms in total. The first-order chi connectivity index (χ1) is 10.2. The van der Waals surface area contributed by atoms with Gasteiger partial charge in [-0.2, -0.15) is 0 Å². The van der Waals surface area contributed by atoms with Gasteiger partial charge >= 0.3 is 0 Å². The minimum atomic E-state index is 0.145. The lowest BCUT2D eigenvalue weighted by atomic mass is 9.55. The second kappa shape index (κ2) is 6.25. The van der Waals surface area contributed by atoms with E-state index in [2.05, 4.69) is 12.2 Å². The highest BCUT2D eigenvalue weighted by Gasteiger charge is 2.56. The number of carbonyl (C=O) groups is 1. The maximum Gasteiger partial charge on any atom is 0.223 e. The summed E-state index contributed by atoms with van der Waals surface area (Å²) in [4.78, 5) is 12.5. The van der Waals surface area contributed by atoms with Crippen molar-refractivity contribution >= 4 is 5.91 Å². The molecule has 4 atom stereocenters. The molecule has 1 spiro atoms. The van der Waals surface area contributed by atoms with Crippen LogP contribution in [-0.2, 0) is 9.53 Å². The van der Waals surface area contributed by atoms with Gasteiger partial charge in [-0.15, -0.1) is 0 Å². The van der Waals surface area contributed by atoms with Gasteiger partial charge in [0.15, 0.2) is 0 Å². The molecule has 4 unspecified atom stereocenters. The number of hydrogen-bond acceptors (Lipinski definition) is 3. The largest absolute Gasteiger partial charge is 0.378 e. The van der Waals surface area contributed by atoms with Crippen molar-refractivity contribution in [3.8, 4) is 0 Å². The fraction of sp³-hybridized carbons (Fsp3) is 0.941. The molecule has 4 heteroatoms. The molecule has 0 aliphatic heterocycles. The standard InChI is InChI=1S/C17H30N2O2/c1-2-21-15-11-14(17(15)8-4-3-5-9-17)19-16(20)12-6-7-13(18)10-12/h12-15H,2-11,18H2,1H3,(H,19,20). The first-order valence-corrected chi connectivity index (χ1v) is 8.83. The highest BCUT2D eigenvalue weighted by Crippen LogP contribution is 2.53. The van der Waals surface area contributed by atoms with Gasteiger partial charge in [-0.3, -0.25) is 4.79 Å². The van der Waals surface area contributed by atoms with Crippen LogP contribution in [0, 0.1) is 11.3 Å². The van der Waals surface area contributed by atoms with Crippen LogP contribution in [0.2, 0.25) is 0 Å². The van der Waals surface area contributed by atoms with E-state index in [1.165, 1.54) is 32.1 Å². The van der Waals surface area contributed by atoms with Crippen LogP contribution >= 0.6 is 0 Å². The molecule has 3 aliphatic rings. The Balaban J connectivity index is 1.61. The van der Waals surface area contributed by atoms with Crippen LogP contribution in [0.3, 0.4) is 0 Å². The van der Waals surface area contributed by atoms with Gasteiger partial charge in [-0.25, -0.2) is 0 Å². The van der Waals surface area contributed by atoms with E-state index >= 15 is 0 Å². The molecule has 3 N–H and O–H groups in total. The average Bonchev–Trinajstić information content (AvgIpc) is 2.93. The molecule has 120 valence electrons. The molecule has 1 amide bonds. The predicted octanol–water partition coefficient (Wildman–Crippen LogP) is 2.36. The third-order valence-corrected chi connectivity index (χ3v) is 6.10. The lowest BCUT2D eigenvalue weighted by Gasteiger charge is -2.57. The van der Waals surface area contributed by atoms with E-state index in [-0.39, 0.29) is 23.3 Å². The normalized spacial score (nSPS) is 38.2. The van der Waals surface area contributed by atoms with Crippen molar-refractivity contribution in [2.75, 3.05) is 6.61 Å². The number of carbonyl (C=O) groups excluding carboxylic acids is 1. The van der Waals surface area contributed by atoms with Gasteiger partial charge in [0, 0.05) is 30.0 Å². The lowest BCUT2D eigenvalue weighted by molar-refractivity contribution is -0.158. The maximum absolute atomic E-state index is 12.5. The Bertz CT molecular complexity index is 379. The average molecular weight is 294 g/mol. The summed E-state index contributed by atoms with van der Waals surface area (Å²) in [5.41, 5.74) is 6.16. The summed E-state index contributed by atoms with van der Waals surface area (Å²) >= 11 is 0. The second-order valence-electron chi connectivity index (χ2n) is 7.30. The highest BCUT2D eigenvalue weighted by atomic mass is 16.5. The van der Waals surface area contributed by atoms with Gasteiger partial charge in [-0.1, -0.05) is 19.3 Å². The Labute approximate surface area is 128 Å². The molecule has 0 heterocycles. The van der Waals surface area contributed by atoms with E-state index in [4.69, 9.17) is 10.5 Å². The Kier molecular flexibility index (Phi) is 4.55. The van der Waals surface area contributed by atoms with Gasteiger partial charge in [0.2, 0.25) is 5.91 Å². The molecule has 3 aliphatic carbocycles. The van der Waals surface area contributed by atoms with Crippen LogP contribution in [0.25, 0.3) is 0 Å². The highest BCUT2D eigenvalue weighted by molar-refractivity contribution is 5.79. The molecule has 0 saturated heterocycles. The topological polar surface area (TPSA) is 64.3 Å². The first-order valence-electron chi connectivity index (χ1n) is 8.83. The van der Waals surface area contributed by atoms with Crippen molar-refractivity contribution in [3.63, 3.8) is 0 Å². The van der Waals surface area contributed by atoms with Crippen LogP contribution in [-0.4, -0.2) is 30.7 Å². The van der Waals surface area contributed by atoms with Crippen molar-refractivity contribution in [1.82, 2.24) is 5.32 Å². The summed E-state index contributed by atoms with van der Waals surface area (Å²) in [5.74, 6) is 0.389. The van der Waals surface area contributed by atoms with E-state index in [0.29, 0.717) is 12.1 Å². The van der Waals surface area contributed by atoms with Gasteiger partial charge in [0.05, 0.1) is 6.10 Å². The molecule has 3 saturated carbocycles. The fourth-order valence-electron chi connectivity index (χ4n) is 4.81. The third kappa shape index (κ3) is 2.85. The summed E-state index contributed by atoms with van der Waals surface area (Å²) in [6.07, 6.45) is 10.5. The number of nitrogens with two attached hydrogens (primary N) is 1. The molecule has 0 radical (unpaired) electrons. The monoisotopic (exact) mass is 294 g/mol. The van der Waals surface area contributed by atoms with Crippen molar-refractivity contribution < 1.29 is 9.53 Å². The molecular weight excluding hydrogens is 264 g/mol. The van der Waals surface area contributed by atoms with Crippen molar-refractivity contribution in [3.05, 3.63) is 0 Å². The Morgan fingerprint density at radius 3 is 2.62 bits per heavy atom. The predicted molar refractivity (Wildman–Crippen MR) is 82.8 cm³/mol. The number of ether oxygens (including phenoxy) is 1. The van der Waals surface area contributed by atoms with E-state index in [0.717, 1.165) is 32.3 Å². The van der Waals surface area contributed by atoms with Crippen LogP contribution < -0.4 is 11.1 Å². The van der Waals surface area contributed by atoms with Crippen LogP contribution in [0.4, 0.5) is 0 Å². The van der Waals surface area contributed by atoms with E-state index in [1.807, 2.05) is 0 Å². The summed E-state index contributed by atoms with van der Waals surface area (Å²) in [5, 5.41) is 3.35. The maximum atomic E-state index is 12.5. The molecule has 0 aromatic carbocycles. The summed E-state index contributed by atoms with van der Waals surface area (Å²) in [7, 11) is 0. The second-order valence-corrected chi connectivity index (χ2v) is 7.30. The van der Waals surface area contributed by atoms with Crippen molar-refractivity contribution in [1.29, 1.82) is 0 Å². The van der Waals surface area contributed by atoms with Gasteiger partial charge in [0.25, 0.3) is 0 Å². The Morgan fingerprint density at radius 1 is 1.24 bits per heavy atom. The van der Waals surface area contributed by atoms with Crippen molar-refractivity contribution in [2.45, 2.75) is 82.9 Å². The SMILES string of the molecule is CCOC1CC(NC(=O)C2CCC(N)C2)C12CCCCC2. The Morgan fingerprint density at radius 2 is 2.00 bits per heavy atom. The van der Waals surface area contributed by atoms with Crippen LogP contribution in [0.15, 0.2) is 0 Å². The number of nitrogens with one attached hydrogen (secondary N) is 1. The zero-order valence-electron chi connectivity index (χ0n) is 13.3. The minimum Gasteiger partial charge on any atom is -0.378 e. The van der Waals surface area contributed by atoms with E-state index in [9.17, 15) is 4.79 Å². The van der Waals surface area contributed by atoms with Crippen LogP contribution in [0.5, 0.6) is 0 Å². The minimum absolute atomic E-state index is 0.145. The molecule has 21 heavy (non-hydrogen) atoms. The summed E-state index contributed by atoms with van der Waals surface area (Å²) < 4.78 is 5.95. The first kappa shape index (κ1) is 15.3. The van der Waals surface area contributed by atoms with E-state index in [1.54, 1.807) is 0 Å². The van der Waals surface area contributed by atoms with E-state index < -0.39 is 0 Å². The third-order valence-electron chi connectivity index (χ3n) is 6.10. The van der Waals surface area contributed by atoms with Gasteiger partial charge in [0.1, 0.15) is 0 Å². The van der Waals surface area contributed by atoms with Gasteiger partial charge < -0.3 is 15.8 Å². The van der Waals surface area contributed by atoms with Crippen LogP contribution in [0.1, 0.15) is 64.7 Å². The lowest BCUT2D eigenvalue weighted by Crippen LogP contribution is -2.65. The van der Waals surface area contributed by atoms with Gasteiger partial charge in [-0.05, 0) is 45.4 Å². The molecule has 3 rings (SSSR count). The summed E-state index contributed by atoms with van der Waals surface area (Å²) in [6.45, 7) is 2.85. The summed E-state index contributed by atoms with van der Waals surface area (Å²) in [6, 6.07) is 0.556. The van der Waals surface area contributed by atoms with Crippen molar-refractivity contribution in [2.24, 2.45) is 17.1 Å². The molecule has 0 aromatic heterocycles. The number of hydrogen-bond donors (Lipinski definition) is 2. The fourth-order valence-corrected chi connectivity index (χ4v) is 4.81. The molecular formula is C17H30N2O2. The number of rotatable bonds is 4. The zero-order valence-corrected chi connectivity index (χ0v) is 13.3. The zero-order chi connectivity index (χ0) is 14.9. The molecule has 0 aromatic rings. The number of amides is 1. The molecule has 0 bridgehead atoms. The quantitative estimate of drug-likeness (QED) is 0.836. The smallest absolute Gasteiger partial charge is 0.223 e.